The van der Waals surface area contributed by atoms with Crippen LogP contribution in [0.25, 0.3) is 0 Å². The molecule has 1 atom stereocenters. The van der Waals surface area contributed by atoms with Gasteiger partial charge in [-0.05, 0) is 75.5 Å². The number of hydrogen-bond acceptors (Lipinski definition) is 3. The molecule has 2 heterocycles. The molecule has 6 heteroatoms. The van der Waals surface area contributed by atoms with Gasteiger partial charge in [0.05, 0.1) is 6.61 Å². The zero-order chi connectivity index (χ0) is 17.8. The zero-order valence-corrected chi connectivity index (χ0v) is 19.3. The van der Waals surface area contributed by atoms with Crippen molar-refractivity contribution in [1.29, 1.82) is 0 Å². The maximum atomic E-state index is 5.52. The van der Waals surface area contributed by atoms with Gasteiger partial charge in [-0.3, -0.25) is 4.99 Å². The van der Waals surface area contributed by atoms with Crippen molar-refractivity contribution < 1.29 is 4.74 Å². The van der Waals surface area contributed by atoms with Gasteiger partial charge in [0.2, 0.25) is 0 Å². The second-order valence-electron chi connectivity index (χ2n) is 9.01. The molecule has 2 aliphatic carbocycles. The highest BCUT2D eigenvalue weighted by Crippen LogP contribution is 2.49. The molecule has 0 aromatic heterocycles. The lowest BCUT2D eigenvalue weighted by Gasteiger charge is -2.34. The Morgan fingerprint density at radius 1 is 1.07 bits per heavy atom. The number of hydrogen-bond donors (Lipinski definition) is 2. The molecule has 0 aromatic rings. The van der Waals surface area contributed by atoms with E-state index in [1.165, 1.54) is 64.6 Å². The highest BCUT2D eigenvalue weighted by molar-refractivity contribution is 14.0. The SMILES string of the molecule is CCNC(=NCC(C1CC1)C1CC1)NC1CCN(CC2CCOC2)CC1.I. The number of rotatable bonds is 8. The molecule has 0 radical (unpaired) electrons. The van der Waals surface area contributed by atoms with Crippen molar-refractivity contribution in [3.05, 3.63) is 0 Å². The molecule has 2 aliphatic heterocycles. The number of nitrogens with zero attached hydrogens (tertiary/aromatic N) is 2. The summed E-state index contributed by atoms with van der Waals surface area (Å²) in [4.78, 5) is 7.63. The van der Waals surface area contributed by atoms with Crippen LogP contribution in [0.1, 0.15) is 51.9 Å². The van der Waals surface area contributed by atoms with E-state index >= 15 is 0 Å². The summed E-state index contributed by atoms with van der Waals surface area (Å²) >= 11 is 0. The zero-order valence-electron chi connectivity index (χ0n) is 17.0. The van der Waals surface area contributed by atoms with E-state index in [0.29, 0.717) is 6.04 Å². The summed E-state index contributed by atoms with van der Waals surface area (Å²) in [5.74, 6) is 4.65. The van der Waals surface area contributed by atoms with Crippen molar-refractivity contribution in [2.24, 2.45) is 28.7 Å². The number of aliphatic imine (C=N–C) groups is 1. The molecule has 27 heavy (non-hydrogen) atoms. The van der Waals surface area contributed by atoms with Crippen LogP contribution in [0.4, 0.5) is 0 Å². The van der Waals surface area contributed by atoms with Crippen molar-refractivity contribution >= 4 is 29.9 Å². The van der Waals surface area contributed by atoms with Gasteiger partial charge < -0.3 is 20.3 Å². The molecule has 2 saturated heterocycles. The fourth-order valence-corrected chi connectivity index (χ4v) is 4.79. The Morgan fingerprint density at radius 2 is 1.78 bits per heavy atom. The Morgan fingerprint density at radius 3 is 2.33 bits per heavy atom. The summed E-state index contributed by atoms with van der Waals surface area (Å²) in [6.45, 7) is 9.73. The molecule has 156 valence electrons. The van der Waals surface area contributed by atoms with Crippen molar-refractivity contribution in [2.45, 2.75) is 57.9 Å². The van der Waals surface area contributed by atoms with Gasteiger partial charge in [-0.1, -0.05) is 0 Å². The third-order valence-corrected chi connectivity index (χ3v) is 6.73. The maximum absolute atomic E-state index is 5.52. The summed E-state index contributed by atoms with van der Waals surface area (Å²) < 4.78 is 5.52. The van der Waals surface area contributed by atoms with Crippen molar-refractivity contribution in [2.75, 3.05) is 45.9 Å². The minimum absolute atomic E-state index is 0. The predicted octanol–water partition coefficient (Wildman–Crippen LogP) is 3.10. The van der Waals surface area contributed by atoms with Crippen LogP contribution in [-0.2, 0) is 4.74 Å². The van der Waals surface area contributed by atoms with Gasteiger partial charge in [0.15, 0.2) is 5.96 Å². The minimum Gasteiger partial charge on any atom is -0.381 e. The molecule has 1 unspecified atom stereocenters. The summed E-state index contributed by atoms with van der Waals surface area (Å²) in [7, 11) is 0. The molecule has 0 aromatic carbocycles. The van der Waals surface area contributed by atoms with Crippen LogP contribution < -0.4 is 10.6 Å². The van der Waals surface area contributed by atoms with E-state index in [1.807, 2.05) is 0 Å². The van der Waals surface area contributed by atoms with E-state index in [2.05, 4.69) is 22.5 Å². The molecule has 2 saturated carbocycles. The van der Waals surface area contributed by atoms with Gasteiger partial charge in [-0.2, -0.15) is 0 Å². The topological polar surface area (TPSA) is 48.9 Å². The molecule has 2 N–H and O–H groups in total. The summed E-state index contributed by atoms with van der Waals surface area (Å²) in [6.07, 6.45) is 9.50. The van der Waals surface area contributed by atoms with Crippen LogP contribution in [0.3, 0.4) is 0 Å². The first-order chi connectivity index (χ1) is 12.8. The summed E-state index contributed by atoms with van der Waals surface area (Å²) in [5.41, 5.74) is 0. The first kappa shape index (κ1) is 21.6. The molecule has 0 amide bonds. The van der Waals surface area contributed by atoms with Crippen LogP contribution in [0.5, 0.6) is 0 Å². The minimum atomic E-state index is 0. The van der Waals surface area contributed by atoms with Gasteiger partial charge >= 0.3 is 0 Å². The Labute approximate surface area is 182 Å². The quantitative estimate of drug-likeness (QED) is 0.312. The van der Waals surface area contributed by atoms with Gasteiger partial charge in [0.25, 0.3) is 0 Å². The maximum Gasteiger partial charge on any atom is 0.191 e. The first-order valence-electron chi connectivity index (χ1n) is 11.2. The highest BCUT2D eigenvalue weighted by atomic mass is 127. The van der Waals surface area contributed by atoms with Crippen LogP contribution in [0.2, 0.25) is 0 Å². The number of nitrogens with one attached hydrogen (secondary N) is 2. The van der Waals surface area contributed by atoms with Crippen molar-refractivity contribution in [1.82, 2.24) is 15.5 Å². The van der Waals surface area contributed by atoms with Gasteiger partial charge in [0, 0.05) is 45.4 Å². The number of ether oxygens (including phenoxy) is 1. The van der Waals surface area contributed by atoms with E-state index in [0.717, 1.165) is 55.9 Å². The highest BCUT2D eigenvalue weighted by Gasteiger charge is 2.41. The molecule has 0 bridgehead atoms. The number of piperidine rings is 1. The van der Waals surface area contributed by atoms with Gasteiger partial charge in [-0.15, -0.1) is 24.0 Å². The average Bonchev–Trinajstić information content (AvgIpc) is 3.58. The Hall–Kier alpha value is -0.0800. The largest absolute Gasteiger partial charge is 0.381 e. The van der Waals surface area contributed by atoms with E-state index in [4.69, 9.17) is 9.73 Å². The van der Waals surface area contributed by atoms with Crippen LogP contribution >= 0.6 is 24.0 Å². The van der Waals surface area contributed by atoms with E-state index in [9.17, 15) is 0 Å². The lowest BCUT2D eigenvalue weighted by molar-refractivity contribution is 0.150. The molecule has 4 rings (SSSR count). The molecule has 4 fully saturated rings. The van der Waals surface area contributed by atoms with E-state index in [-0.39, 0.29) is 24.0 Å². The predicted molar refractivity (Wildman–Crippen MR) is 122 cm³/mol. The standard InChI is InChI=1S/C21H38N4O.HI/c1-2-22-21(23-13-20(17-3-4-17)18-5-6-18)24-19-7-10-25(11-8-19)14-16-9-12-26-15-16;/h16-20H,2-15H2,1H3,(H2,22,23,24);1H. The molecule has 4 aliphatic rings. The monoisotopic (exact) mass is 490 g/mol. The molecular weight excluding hydrogens is 451 g/mol. The number of guanidine groups is 1. The molecular formula is C21H39IN4O. The number of likely N-dealkylation sites (tertiary alicyclic amines) is 1. The second-order valence-corrected chi connectivity index (χ2v) is 9.01. The van der Waals surface area contributed by atoms with Crippen LogP contribution in [0.15, 0.2) is 4.99 Å². The average molecular weight is 490 g/mol. The lowest BCUT2D eigenvalue weighted by atomic mass is 9.98. The molecule has 5 nitrogen and oxygen atoms in total. The Bertz CT molecular complexity index is 455. The van der Waals surface area contributed by atoms with Crippen LogP contribution in [0, 0.1) is 23.7 Å². The lowest BCUT2D eigenvalue weighted by Crippen LogP contribution is -2.49. The second kappa shape index (κ2) is 10.6. The number of halogens is 1. The van der Waals surface area contributed by atoms with Gasteiger partial charge in [0.1, 0.15) is 0 Å². The summed E-state index contributed by atoms with van der Waals surface area (Å²) in [6, 6.07) is 0.573. The fourth-order valence-electron chi connectivity index (χ4n) is 4.79. The Balaban J connectivity index is 0.00000210. The van der Waals surface area contributed by atoms with Crippen molar-refractivity contribution in [3.8, 4) is 0 Å². The third kappa shape index (κ3) is 6.74. The smallest absolute Gasteiger partial charge is 0.191 e. The van der Waals surface area contributed by atoms with E-state index in [1.54, 1.807) is 0 Å². The van der Waals surface area contributed by atoms with Crippen LogP contribution in [-0.4, -0.2) is 62.8 Å². The third-order valence-electron chi connectivity index (χ3n) is 6.73. The first-order valence-corrected chi connectivity index (χ1v) is 11.2. The Kier molecular flexibility index (Phi) is 8.51. The van der Waals surface area contributed by atoms with Crippen molar-refractivity contribution in [3.63, 3.8) is 0 Å². The normalized spacial score (nSPS) is 27.6. The van der Waals surface area contributed by atoms with E-state index < -0.39 is 0 Å². The summed E-state index contributed by atoms with van der Waals surface area (Å²) in [5, 5.41) is 7.22. The van der Waals surface area contributed by atoms with Gasteiger partial charge in [-0.25, -0.2) is 0 Å². The fraction of sp³-hybridized carbons (Fsp3) is 0.952. The molecule has 0 spiro atoms.